The van der Waals surface area contributed by atoms with Crippen LogP contribution < -0.4 is 5.56 Å². The van der Waals surface area contributed by atoms with Crippen molar-refractivity contribution in [1.82, 2.24) is 9.55 Å². The molecule has 2 aromatic heterocycles. The zero-order valence-corrected chi connectivity index (χ0v) is 16.2. The van der Waals surface area contributed by atoms with Crippen molar-refractivity contribution in [3.63, 3.8) is 0 Å². The highest BCUT2D eigenvalue weighted by atomic mass is 32.2. The number of carbonyl (C=O) groups excluding carboxylic acids is 1. The van der Waals surface area contributed by atoms with Gasteiger partial charge in [0.15, 0.2) is 5.16 Å². The van der Waals surface area contributed by atoms with Crippen molar-refractivity contribution in [2.24, 2.45) is 0 Å². The first-order valence-electron chi connectivity index (χ1n) is 8.47. The number of esters is 1. The quantitative estimate of drug-likeness (QED) is 0.262. The monoisotopic (exact) mass is 378 g/mol. The van der Waals surface area contributed by atoms with E-state index in [-0.39, 0.29) is 11.5 Å². The van der Waals surface area contributed by atoms with Gasteiger partial charge in [-0.25, -0.2) is 4.98 Å². The molecule has 1 atom stereocenters. The van der Waals surface area contributed by atoms with Crippen molar-refractivity contribution in [3.05, 3.63) is 33.4 Å². The topological polar surface area (TPSA) is 61.2 Å². The highest BCUT2D eigenvalue weighted by molar-refractivity contribution is 8.00. The average molecular weight is 379 g/mol. The second kappa shape index (κ2) is 7.74. The Kier molecular flexibility index (Phi) is 5.64. The van der Waals surface area contributed by atoms with Gasteiger partial charge in [0.2, 0.25) is 0 Å². The maximum absolute atomic E-state index is 13.2. The SMILES string of the molecule is C=CCn1c(SC(C)C(=O)OC)nc2sc3c(c2c1=O)CCCCC3. The van der Waals surface area contributed by atoms with Gasteiger partial charge in [0.05, 0.1) is 12.5 Å². The average Bonchev–Trinajstić information content (AvgIpc) is 2.78. The summed E-state index contributed by atoms with van der Waals surface area (Å²) in [6.45, 7) is 5.89. The number of nitrogens with zero attached hydrogens (tertiary/aromatic N) is 2. The van der Waals surface area contributed by atoms with Gasteiger partial charge in [0, 0.05) is 11.4 Å². The van der Waals surface area contributed by atoms with Crippen LogP contribution in [0.3, 0.4) is 0 Å². The van der Waals surface area contributed by atoms with Crippen LogP contribution in [0.25, 0.3) is 10.2 Å². The van der Waals surface area contributed by atoms with Crippen molar-refractivity contribution in [3.8, 4) is 0 Å². The highest BCUT2D eigenvalue weighted by Gasteiger charge is 2.23. The number of thioether (sulfide) groups is 1. The summed E-state index contributed by atoms with van der Waals surface area (Å²) >= 11 is 2.89. The van der Waals surface area contributed by atoms with E-state index in [0.29, 0.717) is 11.7 Å². The van der Waals surface area contributed by atoms with E-state index in [1.165, 1.54) is 42.2 Å². The van der Waals surface area contributed by atoms with Crippen LogP contribution in [-0.4, -0.2) is 27.9 Å². The largest absolute Gasteiger partial charge is 0.468 e. The van der Waals surface area contributed by atoms with Crippen LogP contribution in [0.1, 0.15) is 36.6 Å². The third kappa shape index (κ3) is 3.53. The van der Waals surface area contributed by atoms with Gasteiger partial charge in [0.25, 0.3) is 5.56 Å². The Labute approximate surface area is 155 Å². The summed E-state index contributed by atoms with van der Waals surface area (Å²) in [6.07, 6.45) is 7.16. The summed E-state index contributed by atoms with van der Waals surface area (Å²) in [5.74, 6) is -0.327. The molecule has 0 saturated heterocycles. The van der Waals surface area contributed by atoms with Gasteiger partial charge < -0.3 is 4.74 Å². The molecule has 1 aliphatic rings. The van der Waals surface area contributed by atoms with Gasteiger partial charge >= 0.3 is 5.97 Å². The van der Waals surface area contributed by atoms with Gasteiger partial charge in [-0.15, -0.1) is 17.9 Å². The fraction of sp³-hybridized carbons (Fsp3) is 0.500. The van der Waals surface area contributed by atoms with Crippen LogP contribution in [0, 0.1) is 0 Å². The maximum Gasteiger partial charge on any atom is 0.318 e. The lowest BCUT2D eigenvalue weighted by Crippen LogP contribution is -2.25. The molecular formula is C18H22N2O3S2. The first kappa shape index (κ1) is 18.2. The van der Waals surface area contributed by atoms with Crippen LogP contribution in [0.15, 0.2) is 22.6 Å². The Morgan fingerprint density at radius 2 is 2.20 bits per heavy atom. The van der Waals surface area contributed by atoms with Gasteiger partial charge in [0.1, 0.15) is 10.1 Å². The molecule has 5 nitrogen and oxygen atoms in total. The van der Waals surface area contributed by atoms with Crippen molar-refractivity contribution >= 4 is 39.3 Å². The fourth-order valence-corrected chi connectivity index (χ4v) is 5.40. The molecule has 7 heteroatoms. The number of fused-ring (bicyclic) bond motifs is 3. The number of hydrogen-bond acceptors (Lipinski definition) is 6. The fourth-order valence-electron chi connectivity index (χ4n) is 3.15. The number of thiophene rings is 1. The molecule has 25 heavy (non-hydrogen) atoms. The van der Waals surface area contributed by atoms with E-state index in [4.69, 9.17) is 9.72 Å². The van der Waals surface area contributed by atoms with E-state index < -0.39 is 5.25 Å². The maximum atomic E-state index is 13.2. The normalized spacial score (nSPS) is 15.4. The van der Waals surface area contributed by atoms with Crippen molar-refractivity contribution < 1.29 is 9.53 Å². The molecule has 0 radical (unpaired) electrons. The van der Waals surface area contributed by atoms with Gasteiger partial charge in [-0.3, -0.25) is 14.2 Å². The van der Waals surface area contributed by atoms with Gasteiger partial charge in [-0.1, -0.05) is 24.3 Å². The number of aryl methyl sites for hydroxylation is 2. The molecule has 1 unspecified atom stereocenters. The molecule has 0 amide bonds. The third-order valence-electron chi connectivity index (χ3n) is 4.42. The van der Waals surface area contributed by atoms with E-state index in [0.717, 1.165) is 29.5 Å². The van der Waals surface area contributed by atoms with Crippen LogP contribution in [-0.2, 0) is 28.9 Å². The molecular weight excluding hydrogens is 356 g/mol. The Morgan fingerprint density at radius 1 is 1.44 bits per heavy atom. The Morgan fingerprint density at radius 3 is 2.92 bits per heavy atom. The smallest absolute Gasteiger partial charge is 0.318 e. The summed E-state index contributed by atoms with van der Waals surface area (Å²) in [5.41, 5.74) is 1.16. The number of carbonyl (C=O) groups is 1. The molecule has 0 bridgehead atoms. The number of rotatable bonds is 5. The van der Waals surface area contributed by atoms with Gasteiger partial charge in [-0.05, 0) is 38.2 Å². The standard InChI is InChI=1S/C18H22N2O3S2/c1-4-10-20-16(21)14-12-8-6-5-7-9-13(12)25-15(14)19-18(20)24-11(2)17(22)23-3/h4,11H,1,5-10H2,2-3H3. The van der Waals surface area contributed by atoms with Crippen LogP contribution in [0.4, 0.5) is 0 Å². The summed E-state index contributed by atoms with van der Waals surface area (Å²) in [5, 5.41) is 0.883. The molecule has 0 aliphatic heterocycles. The molecule has 3 rings (SSSR count). The van der Waals surface area contributed by atoms with Crippen molar-refractivity contribution in [1.29, 1.82) is 0 Å². The molecule has 0 saturated carbocycles. The number of methoxy groups -OCH3 is 1. The molecule has 134 valence electrons. The Hall–Kier alpha value is -1.60. The molecule has 1 aliphatic carbocycles. The summed E-state index contributed by atoms with van der Waals surface area (Å²) in [4.78, 5) is 31.7. The Bertz CT molecular complexity index is 869. The Balaban J connectivity index is 2.14. The summed E-state index contributed by atoms with van der Waals surface area (Å²) in [6, 6.07) is 0. The number of hydrogen-bond donors (Lipinski definition) is 0. The molecule has 2 heterocycles. The summed E-state index contributed by atoms with van der Waals surface area (Å²) in [7, 11) is 1.36. The molecule has 0 spiro atoms. The number of ether oxygens (including phenoxy) is 1. The second-order valence-corrected chi connectivity index (χ2v) is 8.52. The lowest BCUT2D eigenvalue weighted by atomic mass is 10.1. The predicted octanol–water partition coefficient (Wildman–Crippen LogP) is 3.57. The number of aromatic nitrogens is 2. The second-order valence-electron chi connectivity index (χ2n) is 6.13. The molecule has 0 N–H and O–H groups in total. The third-order valence-corrected chi connectivity index (χ3v) is 6.67. The first-order valence-corrected chi connectivity index (χ1v) is 10.2. The minimum atomic E-state index is -0.428. The van der Waals surface area contributed by atoms with E-state index in [2.05, 4.69) is 6.58 Å². The molecule has 0 aromatic carbocycles. The molecule has 0 fully saturated rings. The lowest BCUT2D eigenvalue weighted by molar-refractivity contribution is -0.139. The van der Waals surface area contributed by atoms with Crippen LogP contribution >= 0.6 is 23.1 Å². The zero-order chi connectivity index (χ0) is 18.0. The van der Waals surface area contributed by atoms with Crippen molar-refractivity contribution in [2.45, 2.75) is 56.0 Å². The van der Waals surface area contributed by atoms with Crippen LogP contribution in [0.5, 0.6) is 0 Å². The first-order chi connectivity index (χ1) is 12.1. The zero-order valence-electron chi connectivity index (χ0n) is 14.5. The summed E-state index contributed by atoms with van der Waals surface area (Å²) < 4.78 is 6.41. The minimum Gasteiger partial charge on any atom is -0.468 e. The van der Waals surface area contributed by atoms with E-state index in [9.17, 15) is 9.59 Å². The lowest BCUT2D eigenvalue weighted by Gasteiger charge is -2.13. The predicted molar refractivity (Wildman–Crippen MR) is 103 cm³/mol. The highest BCUT2D eigenvalue weighted by Crippen LogP contribution is 2.34. The minimum absolute atomic E-state index is 0.0242. The number of allylic oxidation sites excluding steroid dienone is 1. The molecule has 2 aromatic rings. The van der Waals surface area contributed by atoms with E-state index in [1.54, 1.807) is 28.9 Å². The van der Waals surface area contributed by atoms with E-state index in [1.807, 2.05) is 0 Å². The van der Waals surface area contributed by atoms with E-state index >= 15 is 0 Å². The van der Waals surface area contributed by atoms with Gasteiger partial charge in [-0.2, -0.15) is 0 Å². The van der Waals surface area contributed by atoms with Crippen molar-refractivity contribution in [2.75, 3.05) is 7.11 Å². The van der Waals surface area contributed by atoms with Crippen LogP contribution in [0.2, 0.25) is 0 Å².